The van der Waals surface area contributed by atoms with Gasteiger partial charge >= 0.3 is 5.97 Å². The quantitative estimate of drug-likeness (QED) is 0.820. The van der Waals surface area contributed by atoms with Crippen LogP contribution in [0.4, 0.5) is 4.39 Å². The van der Waals surface area contributed by atoms with E-state index in [9.17, 15) is 14.0 Å². The number of rotatable bonds is 6. The van der Waals surface area contributed by atoms with Crippen LogP contribution < -0.4 is 5.32 Å². The van der Waals surface area contributed by atoms with Crippen LogP contribution in [0.2, 0.25) is 0 Å². The fourth-order valence-electron chi connectivity index (χ4n) is 1.98. The molecule has 0 aliphatic rings. The minimum atomic E-state index is -0.864. The van der Waals surface area contributed by atoms with Crippen LogP contribution in [0, 0.1) is 11.2 Å². The van der Waals surface area contributed by atoms with Crippen LogP contribution in [0.15, 0.2) is 24.3 Å². The van der Waals surface area contributed by atoms with Crippen molar-refractivity contribution in [1.82, 2.24) is 5.32 Å². The highest BCUT2D eigenvalue weighted by molar-refractivity contribution is 5.86. The predicted octanol–water partition coefficient (Wildman–Crippen LogP) is 2.46. The molecule has 1 aromatic carbocycles. The molecule has 1 rings (SSSR count). The van der Waals surface area contributed by atoms with Gasteiger partial charge in [-0.2, -0.15) is 0 Å². The Kier molecular flexibility index (Phi) is 5.88. The molecule has 0 saturated carbocycles. The van der Waals surface area contributed by atoms with E-state index >= 15 is 0 Å². The van der Waals surface area contributed by atoms with Crippen molar-refractivity contribution < 1.29 is 18.7 Å². The van der Waals surface area contributed by atoms with E-state index in [1.807, 2.05) is 0 Å². The number of carbonyl (C=O) groups is 2. The van der Waals surface area contributed by atoms with Crippen molar-refractivity contribution >= 4 is 11.9 Å². The maximum Gasteiger partial charge on any atom is 0.306 e. The zero-order valence-electron chi connectivity index (χ0n) is 12.9. The van der Waals surface area contributed by atoms with Gasteiger partial charge in [0.2, 0.25) is 5.91 Å². The second kappa shape index (κ2) is 7.20. The summed E-state index contributed by atoms with van der Waals surface area (Å²) in [6.45, 7) is 5.16. The second-order valence-corrected chi connectivity index (χ2v) is 5.81. The minimum absolute atomic E-state index is 0.00174. The van der Waals surface area contributed by atoms with Gasteiger partial charge in [0.05, 0.1) is 18.9 Å². The van der Waals surface area contributed by atoms with E-state index in [1.54, 1.807) is 39.0 Å². The summed E-state index contributed by atoms with van der Waals surface area (Å²) < 4.78 is 18.1. The zero-order valence-corrected chi connectivity index (χ0v) is 12.9. The number of halogens is 1. The van der Waals surface area contributed by atoms with Crippen molar-refractivity contribution in [3.05, 3.63) is 35.6 Å². The molecule has 0 bridgehead atoms. The molecule has 1 N–H and O–H groups in total. The molecule has 0 unspecified atom stereocenters. The lowest BCUT2D eigenvalue weighted by Gasteiger charge is -2.25. The summed E-state index contributed by atoms with van der Waals surface area (Å²) in [5.74, 6) is -0.971. The van der Waals surface area contributed by atoms with E-state index < -0.39 is 11.4 Å². The van der Waals surface area contributed by atoms with Crippen molar-refractivity contribution in [1.29, 1.82) is 0 Å². The Morgan fingerprint density at radius 2 is 1.95 bits per heavy atom. The van der Waals surface area contributed by atoms with Crippen molar-refractivity contribution in [3.8, 4) is 0 Å². The van der Waals surface area contributed by atoms with Gasteiger partial charge in [-0.1, -0.05) is 32.0 Å². The Morgan fingerprint density at radius 3 is 2.52 bits per heavy atom. The van der Waals surface area contributed by atoms with Gasteiger partial charge in [-0.05, 0) is 25.0 Å². The minimum Gasteiger partial charge on any atom is -0.469 e. The highest BCUT2D eigenvalue weighted by Gasteiger charge is 2.31. The molecule has 0 heterocycles. The fraction of sp³-hybridized carbons (Fsp3) is 0.500. The maximum atomic E-state index is 13.6. The summed E-state index contributed by atoms with van der Waals surface area (Å²) in [6, 6.07) is 6.24. The van der Waals surface area contributed by atoms with Crippen LogP contribution >= 0.6 is 0 Å². The number of carbonyl (C=O) groups excluding carboxylic acids is 2. The largest absolute Gasteiger partial charge is 0.469 e. The maximum absolute atomic E-state index is 13.6. The van der Waals surface area contributed by atoms with Crippen LogP contribution in [0.1, 0.15) is 32.8 Å². The third-order valence-electron chi connectivity index (χ3n) is 3.29. The molecule has 0 radical (unpaired) electrons. The second-order valence-electron chi connectivity index (χ2n) is 5.81. The van der Waals surface area contributed by atoms with E-state index in [2.05, 4.69) is 10.1 Å². The smallest absolute Gasteiger partial charge is 0.306 e. The molecular weight excluding hydrogens is 273 g/mol. The summed E-state index contributed by atoms with van der Waals surface area (Å²) >= 11 is 0. The van der Waals surface area contributed by atoms with E-state index in [-0.39, 0.29) is 24.2 Å². The summed E-state index contributed by atoms with van der Waals surface area (Å²) in [5, 5.41) is 2.81. The number of amides is 1. The molecule has 0 fully saturated rings. The third kappa shape index (κ3) is 5.17. The lowest BCUT2D eigenvalue weighted by molar-refractivity contribution is -0.147. The molecule has 1 atom stereocenters. The van der Waals surface area contributed by atoms with Gasteiger partial charge in [-0.15, -0.1) is 0 Å². The molecule has 0 aliphatic heterocycles. The number of nitrogens with one attached hydrogen (secondary N) is 1. The average Bonchev–Trinajstić information content (AvgIpc) is 2.40. The molecule has 0 saturated heterocycles. The third-order valence-corrected chi connectivity index (χ3v) is 3.29. The SMILES string of the molecule is COC(=O)CC(C)(C)C(=O)N[C@@H](C)Cc1ccccc1F. The van der Waals surface area contributed by atoms with Crippen molar-refractivity contribution in [2.45, 2.75) is 39.7 Å². The number of benzene rings is 1. The van der Waals surface area contributed by atoms with Gasteiger partial charge < -0.3 is 10.1 Å². The Hall–Kier alpha value is -1.91. The molecule has 1 amide bonds. The molecule has 1 aromatic rings. The molecule has 0 aromatic heterocycles. The average molecular weight is 295 g/mol. The lowest BCUT2D eigenvalue weighted by atomic mass is 9.88. The molecule has 0 aliphatic carbocycles. The standard InChI is InChI=1S/C16H22FNO3/c1-11(9-12-7-5-6-8-13(12)17)18-15(20)16(2,3)10-14(19)21-4/h5-8,11H,9-10H2,1-4H3,(H,18,20)/t11-/m0/s1. The Balaban J connectivity index is 2.61. The van der Waals surface area contributed by atoms with Crippen LogP contribution in [0.5, 0.6) is 0 Å². The first-order valence-electron chi connectivity index (χ1n) is 6.87. The molecule has 4 nitrogen and oxygen atoms in total. The van der Waals surface area contributed by atoms with Crippen LogP contribution in [0.25, 0.3) is 0 Å². The van der Waals surface area contributed by atoms with Crippen molar-refractivity contribution in [2.24, 2.45) is 5.41 Å². The van der Waals surface area contributed by atoms with Crippen molar-refractivity contribution in [3.63, 3.8) is 0 Å². The normalized spacial score (nSPS) is 12.6. The summed E-state index contributed by atoms with van der Waals surface area (Å²) in [6.07, 6.45) is 0.397. The Labute approximate surface area is 124 Å². The Bertz CT molecular complexity index is 514. The number of esters is 1. The summed E-state index contributed by atoms with van der Waals surface area (Å²) in [4.78, 5) is 23.5. The first-order valence-corrected chi connectivity index (χ1v) is 6.87. The molecule has 116 valence electrons. The molecular formula is C16H22FNO3. The highest BCUT2D eigenvalue weighted by Crippen LogP contribution is 2.21. The summed E-state index contributed by atoms with van der Waals surface area (Å²) in [5.41, 5.74) is -0.313. The monoisotopic (exact) mass is 295 g/mol. The molecule has 0 spiro atoms. The topological polar surface area (TPSA) is 55.4 Å². The van der Waals surface area contributed by atoms with Gasteiger partial charge in [0.25, 0.3) is 0 Å². The van der Waals surface area contributed by atoms with Gasteiger partial charge in [0, 0.05) is 6.04 Å². The fourth-order valence-corrected chi connectivity index (χ4v) is 1.98. The molecule has 5 heteroatoms. The number of methoxy groups -OCH3 is 1. The first kappa shape index (κ1) is 17.1. The van der Waals surface area contributed by atoms with Gasteiger partial charge in [0.1, 0.15) is 5.82 Å². The van der Waals surface area contributed by atoms with E-state index in [0.717, 1.165) is 0 Å². The number of hydrogen-bond donors (Lipinski definition) is 1. The summed E-state index contributed by atoms with van der Waals surface area (Å²) in [7, 11) is 1.29. The van der Waals surface area contributed by atoms with Gasteiger partial charge in [-0.25, -0.2) is 4.39 Å². The van der Waals surface area contributed by atoms with Crippen molar-refractivity contribution in [2.75, 3.05) is 7.11 Å². The predicted molar refractivity (Wildman–Crippen MR) is 78.1 cm³/mol. The van der Waals surface area contributed by atoms with Crippen LogP contribution in [0.3, 0.4) is 0 Å². The molecule has 21 heavy (non-hydrogen) atoms. The zero-order chi connectivity index (χ0) is 16.0. The first-order chi connectivity index (χ1) is 9.76. The number of ether oxygens (including phenoxy) is 1. The van der Waals surface area contributed by atoms with Gasteiger partial charge in [-0.3, -0.25) is 9.59 Å². The highest BCUT2D eigenvalue weighted by atomic mass is 19.1. The Morgan fingerprint density at radius 1 is 1.33 bits per heavy atom. The van der Waals surface area contributed by atoms with E-state index in [1.165, 1.54) is 13.2 Å². The number of hydrogen-bond acceptors (Lipinski definition) is 3. The van der Waals surface area contributed by atoms with Gasteiger partial charge in [0.15, 0.2) is 0 Å². The van der Waals surface area contributed by atoms with E-state index in [4.69, 9.17) is 0 Å². The van der Waals surface area contributed by atoms with Crippen LogP contribution in [-0.2, 0) is 20.7 Å². The van der Waals surface area contributed by atoms with E-state index in [0.29, 0.717) is 12.0 Å². The van der Waals surface area contributed by atoms with Crippen LogP contribution in [-0.4, -0.2) is 25.0 Å². The lowest BCUT2D eigenvalue weighted by Crippen LogP contribution is -2.43.